The van der Waals surface area contributed by atoms with Gasteiger partial charge in [0.15, 0.2) is 0 Å². The van der Waals surface area contributed by atoms with Crippen LogP contribution in [0.4, 0.5) is 17.8 Å². The molecule has 1 N–H and O–H groups in total. The van der Waals surface area contributed by atoms with Crippen LogP contribution in [0.25, 0.3) is 0 Å². The van der Waals surface area contributed by atoms with Gasteiger partial charge in [0.1, 0.15) is 0 Å². The molecule has 3 rings (SSSR count). The Labute approximate surface area is 125 Å². The summed E-state index contributed by atoms with van der Waals surface area (Å²) in [5, 5.41) is 3.05. The molecule has 0 aromatic carbocycles. The summed E-state index contributed by atoms with van der Waals surface area (Å²) in [5.74, 6) is 2.21. The average Bonchev–Trinajstić information content (AvgIpc) is 2.84. The van der Waals surface area contributed by atoms with E-state index in [2.05, 4.69) is 25.1 Å². The third-order valence-electron chi connectivity index (χ3n) is 4.02. The van der Waals surface area contributed by atoms with Gasteiger partial charge in [-0.25, -0.2) is 0 Å². The highest BCUT2D eigenvalue weighted by atomic mass is 16.5. The number of nitrogens with zero attached hydrogens (tertiary/aromatic N) is 5. The van der Waals surface area contributed by atoms with Gasteiger partial charge in [-0.2, -0.15) is 15.0 Å². The van der Waals surface area contributed by atoms with Crippen LogP contribution in [-0.2, 0) is 4.74 Å². The highest BCUT2D eigenvalue weighted by Crippen LogP contribution is 2.20. The van der Waals surface area contributed by atoms with Gasteiger partial charge in [-0.15, -0.1) is 0 Å². The second-order valence-corrected chi connectivity index (χ2v) is 5.51. The number of anilines is 3. The second-order valence-electron chi connectivity index (χ2n) is 5.51. The first-order valence-corrected chi connectivity index (χ1v) is 7.88. The Morgan fingerprint density at radius 2 is 1.38 bits per heavy atom. The molecule has 1 aromatic heterocycles. The molecule has 2 saturated heterocycles. The zero-order valence-electron chi connectivity index (χ0n) is 12.7. The molecule has 0 unspecified atom stereocenters. The number of hydrogen-bond donors (Lipinski definition) is 1. The van der Waals surface area contributed by atoms with Crippen molar-refractivity contribution in [2.24, 2.45) is 0 Å². The number of hydrogen-bond acceptors (Lipinski definition) is 7. The SMILES string of the molecule is CNc1nc(N2CCCCCC2)nc(N2CCOCC2)n1. The lowest BCUT2D eigenvalue weighted by molar-refractivity contribution is 0.122. The summed E-state index contributed by atoms with van der Waals surface area (Å²) < 4.78 is 5.40. The molecular weight excluding hydrogens is 268 g/mol. The van der Waals surface area contributed by atoms with Gasteiger partial charge in [0.25, 0.3) is 0 Å². The minimum atomic E-state index is 0.644. The van der Waals surface area contributed by atoms with Crippen molar-refractivity contribution < 1.29 is 4.74 Å². The molecule has 21 heavy (non-hydrogen) atoms. The van der Waals surface area contributed by atoms with Gasteiger partial charge in [-0.3, -0.25) is 0 Å². The zero-order valence-corrected chi connectivity index (χ0v) is 12.7. The average molecular weight is 292 g/mol. The summed E-state index contributed by atoms with van der Waals surface area (Å²) in [7, 11) is 1.85. The highest BCUT2D eigenvalue weighted by Gasteiger charge is 2.19. The van der Waals surface area contributed by atoms with E-state index in [9.17, 15) is 0 Å². The molecule has 7 nitrogen and oxygen atoms in total. The Balaban J connectivity index is 1.84. The maximum absolute atomic E-state index is 5.40. The fourth-order valence-electron chi connectivity index (χ4n) is 2.78. The quantitative estimate of drug-likeness (QED) is 0.895. The van der Waals surface area contributed by atoms with E-state index in [0.29, 0.717) is 5.95 Å². The summed E-state index contributed by atoms with van der Waals surface area (Å²) in [6.45, 7) is 5.23. The first kappa shape index (κ1) is 14.3. The highest BCUT2D eigenvalue weighted by molar-refractivity contribution is 5.45. The molecule has 2 aliphatic rings. The van der Waals surface area contributed by atoms with Gasteiger partial charge in [0.2, 0.25) is 17.8 Å². The molecule has 0 saturated carbocycles. The van der Waals surface area contributed by atoms with E-state index in [1.165, 1.54) is 25.7 Å². The smallest absolute Gasteiger partial charge is 0.232 e. The Hall–Kier alpha value is -1.63. The number of rotatable bonds is 3. The van der Waals surface area contributed by atoms with E-state index in [0.717, 1.165) is 51.3 Å². The maximum atomic E-state index is 5.40. The molecule has 116 valence electrons. The fourth-order valence-corrected chi connectivity index (χ4v) is 2.78. The summed E-state index contributed by atoms with van der Waals surface area (Å²) in [6.07, 6.45) is 5.04. The van der Waals surface area contributed by atoms with Crippen molar-refractivity contribution in [3.05, 3.63) is 0 Å². The lowest BCUT2D eigenvalue weighted by Crippen LogP contribution is -2.38. The van der Waals surface area contributed by atoms with Crippen molar-refractivity contribution in [3.8, 4) is 0 Å². The molecule has 0 spiro atoms. The Morgan fingerprint density at radius 3 is 1.95 bits per heavy atom. The molecule has 0 amide bonds. The third kappa shape index (κ3) is 3.53. The largest absolute Gasteiger partial charge is 0.378 e. The van der Waals surface area contributed by atoms with Crippen LogP contribution in [-0.4, -0.2) is 61.4 Å². The maximum Gasteiger partial charge on any atom is 0.232 e. The van der Waals surface area contributed by atoms with Crippen LogP contribution in [0.3, 0.4) is 0 Å². The van der Waals surface area contributed by atoms with Crippen LogP contribution in [0.15, 0.2) is 0 Å². The van der Waals surface area contributed by atoms with Gasteiger partial charge in [-0.05, 0) is 12.8 Å². The Kier molecular flexibility index (Phi) is 4.69. The monoisotopic (exact) mass is 292 g/mol. The van der Waals surface area contributed by atoms with Crippen molar-refractivity contribution >= 4 is 17.8 Å². The first-order valence-electron chi connectivity index (χ1n) is 7.88. The minimum Gasteiger partial charge on any atom is -0.378 e. The topological polar surface area (TPSA) is 66.4 Å². The number of morpholine rings is 1. The molecule has 0 radical (unpaired) electrons. The number of nitrogens with one attached hydrogen (secondary N) is 1. The van der Waals surface area contributed by atoms with Crippen molar-refractivity contribution in [1.82, 2.24) is 15.0 Å². The van der Waals surface area contributed by atoms with Crippen LogP contribution >= 0.6 is 0 Å². The lowest BCUT2D eigenvalue weighted by Gasteiger charge is -2.28. The molecule has 7 heteroatoms. The van der Waals surface area contributed by atoms with Crippen molar-refractivity contribution in [2.75, 3.05) is 61.6 Å². The van der Waals surface area contributed by atoms with Gasteiger partial charge >= 0.3 is 0 Å². The van der Waals surface area contributed by atoms with E-state index in [4.69, 9.17) is 9.72 Å². The van der Waals surface area contributed by atoms with Gasteiger partial charge < -0.3 is 19.9 Å². The van der Waals surface area contributed by atoms with E-state index in [1.54, 1.807) is 0 Å². The molecule has 1 aromatic rings. The molecular formula is C14H24N6O. The van der Waals surface area contributed by atoms with Crippen LogP contribution < -0.4 is 15.1 Å². The third-order valence-corrected chi connectivity index (χ3v) is 4.02. The first-order chi connectivity index (χ1) is 10.4. The van der Waals surface area contributed by atoms with E-state index < -0.39 is 0 Å². The predicted molar refractivity (Wildman–Crippen MR) is 83.1 cm³/mol. The molecule has 3 heterocycles. The van der Waals surface area contributed by atoms with Crippen molar-refractivity contribution in [2.45, 2.75) is 25.7 Å². The second kappa shape index (κ2) is 6.89. The van der Waals surface area contributed by atoms with Crippen LogP contribution in [0.2, 0.25) is 0 Å². The van der Waals surface area contributed by atoms with Crippen molar-refractivity contribution in [3.63, 3.8) is 0 Å². The Bertz CT molecular complexity index is 455. The summed E-state index contributed by atoms with van der Waals surface area (Å²) >= 11 is 0. The molecule has 0 bridgehead atoms. The van der Waals surface area contributed by atoms with Crippen molar-refractivity contribution in [1.29, 1.82) is 0 Å². The van der Waals surface area contributed by atoms with Gasteiger partial charge in [-0.1, -0.05) is 12.8 Å². The van der Waals surface area contributed by atoms with Gasteiger partial charge in [0.05, 0.1) is 13.2 Å². The van der Waals surface area contributed by atoms with E-state index in [-0.39, 0.29) is 0 Å². The molecule has 0 atom stereocenters. The standard InChI is InChI=1S/C14H24N6O/c1-15-12-16-13(19-6-4-2-3-5-7-19)18-14(17-12)20-8-10-21-11-9-20/h2-11H2,1H3,(H,15,16,17,18). The molecule has 2 aliphatic heterocycles. The summed E-state index contributed by atoms with van der Waals surface area (Å²) in [4.78, 5) is 18.2. The normalized spacial score (nSPS) is 20.2. The fraction of sp³-hybridized carbons (Fsp3) is 0.786. The zero-order chi connectivity index (χ0) is 14.5. The molecule has 2 fully saturated rings. The lowest BCUT2D eigenvalue weighted by atomic mass is 10.2. The summed E-state index contributed by atoms with van der Waals surface area (Å²) in [5.41, 5.74) is 0. The molecule has 0 aliphatic carbocycles. The van der Waals surface area contributed by atoms with Crippen LogP contribution in [0.1, 0.15) is 25.7 Å². The number of aromatic nitrogens is 3. The Morgan fingerprint density at radius 1 is 0.810 bits per heavy atom. The van der Waals surface area contributed by atoms with E-state index >= 15 is 0 Å². The van der Waals surface area contributed by atoms with Crippen LogP contribution in [0, 0.1) is 0 Å². The minimum absolute atomic E-state index is 0.644. The summed E-state index contributed by atoms with van der Waals surface area (Å²) in [6, 6.07) is 0. The van der Waals surface area contributed by atoms with Crippen LogP contribution in [0.5, 0.6) is 0 Å². The van der Waals surface area contributed by atoms with Gasteiger partial charge in [0, 0.05) is 33.2 Å². The van der Waals surface area contributed by atoms with E-state index in [1.807, 2.05) is 7.05 Å². The predicted octanol–water partition coefficient (Wildman–Crippen LogP) is 1.13. The number of ether oxygens (including phenoxy) is 1.